The predicted octanol–water partition coefficient (Wildman–Crippen LogP) is 2.18. The van der Waals surface area contributed by atoms with Gasteiger partial charge in [0.1, 0.15) is 0 Å². The third-order valence-corrected chi connectivity index (χ3v) is 3.46. The largest absolute Gasteiger partial charge is 0.377 e. The summed E-state index contributed by atoms with van der Waals surface area (Å²) in [6, 6.07) is 8.57. The van der Waals surface area contributed by atoms with E-state index in [0.717, 1.165) is 13.1 Å². The molecular weight excluding hydrogens is 224 g/mol. The average molecular weight is 250 g/mol. The number of nitrogens with zero attached hydrogens (tertiary/aromatic N) is 1. The number of methoxy groups -OCH3 is 1. The number of ether oxygens (including phenoxy) is 1. The summed E-state index contributed by atoms with van der Waals surface area (Å²) in [4.78, 5) is 2.24. The van der Waals surface area contributed by atoms with Crippen molar-refractivity contribution in [1.82, 2.24) is 4.90 Å². The number of hydrogen-bond donors (Lipinski definition) is 1. The summed E-state index contributed by atoms with van der Waals surface area (Å²) in [5.74, 6) is 0. The van der Waals surface area contributed by atoms with Crippen LogP contribution in [-0.2, 0) is 11.3 Å². The van der Waals surface area contributed by atoms with Gasteiger partial charge in [-0.05, 0) is 33.4 Å². The third-order valence-electron chi connectivity index (χ3n) is 3.46. The fourth-order valence-corrected chi connectivity index (χ4v) is 1.89. The summed E-state index contributed by atoms with van der Waals surface area (Å²) in [5.41, 5.74) is 8.50. The summed E-state index contributed by atoms with van der Waals surface area (Å²) in [7, 11) is 3.80. The van der Waals surface area contributed by atoms with E-state index in [4.69, 9.17) is 10.5 Å². The Morgan fingerprint density at radius 1 is 1.39 bits per heavy atom. The first kappa shape index (κ1) is 15.2. The SMILES string of the molecule is COC(C)(C)C(N)CN(C)Cc1cccc(C)c1. The lowest BCUT2D eigenvalue weighted by molar-refractivity contribution is -0.00721. The number of likely N-dealkylation sites (N-methyl/N-ethyl adjacent to an activating group) is 1. The molecule has 102 valence electrons. The van der Waals surface area contributed by atoms with Crippen LogP contribution in [0.4, 0.5) is 0 Å². The summed E-state index contributed by atoms with van der Waals surface area (Å²) >= 11 is 0. The van der Waals surface area contributed by atoms with Crippen LogP contribution in [0.15, 0.2) is 24.3 Å². The molecule has 1 atom stereocenters. The third kappa shape index (κ3) is 4.41. The molecule has 0 amide bonds. The van der Waals surface area contributed by atoms with Crippen molar-refractivity contribution in [2.24, 2.45) is 5.73 Å². The van der Waals surface area contributed by atoms with E-state index < -0.39 is 0 Å². The van der Waals surface area contributed by atoms with Crippen molar-refractivity contribution in [3.63, 3.8) is 0 Å². The van der Waals surface area contributed by atoms with Gasteiger partial charge in [0.05, 0.1) is 5.60 Å². The van der Waals surface area contributed by atoms with Gasteiger partial charge >= 0.3 is 0 Å². The van der Waals surface area contributed by atoms with Crippen LogP contribution in [0.3, 0.4) is 0 Å². The summed E-state index contributed by atoms with van der Waals surface area (Å²) < 4.78 is 5.42. The predicted molar refractivity (Wildman–Crippen MR) is 76.6 cm³/mol. The molecule has 1 aromatic rings. The monoisotopic (exact) mass is 250 g/mol. The zero-order valence-electron chi connectivity index (χ0n) is 12.2. The van der Waals surface area contributed by atoms with Crippen LogP contribution in [0.2, 0.25) is 0 Å². The number of nitrogens with two attached hydrogens (primary N) is 1. The molecule has 0 saturated heterocycles. The van der Waals surface area contributed by atoms with E-state index in [9.17, 15) is 0 Å². The lowest BCUT2D eigenvalue weighted by Crippen LogP contribution is -2.50. The van der Waals surface area contributed by atoms with Crippen molar-refractivity contribution in [2.45, 2.75) is 39.0 Å². The highest BCUT2D eigenvalue weighted by molar-refractivity contribution is 5.22. The number of hydrogen-bond acceptors (Lipinski definition) is 3. The second-order valence-corrected chi connectivity index (χ2v) is 5.60. The minimum atomic E-state index is -0.291. The fourth-order valence-electron chi connectivity index (χ4n) is 1.89. The molecule has 0 fully saturated rings. The van der Waals surface area contributed by atoms with Crippen LogP contribution < -0.4 is 5.73 Å². The van der Waals surface area contributed by atoms with Crippen LogP contribution in [0.1, 0.15) is 25.0 Å². The van der Waals surface area contributed by atoms with Crippen molar-refractivity contribution in [3.8, 4) is 0 Å². The molecule has 0 bridgehead atoms. The second kappa shape index (κ2) is 6.32. The van der Waals surface area contributed by atoms with E-state index >= 15 is 0 Å². The first-order chi connectivity index (χ1) is 8.35. The number of rotatable bonds is 6. The molecule has 2 N–H and O–H groups in total. The topological polar surface area (TPSA) is 38.5 Å². The Morgan fingerprint density at radius 3 is 2.61 bits per heavy atom. The van der Waals surface area contributed by atoms with E-state index in [1.807, 2.05) is 13.8 Å². The lowest BCUT2D eigenvalue weighted by atomic mass is 9.99. The minimum Gasteiger partial charge on any atom is -0.377 e. The normalized spacial score (nSPS) is 13.9. The molecular formula is C15H26N2O. The Kier molecular flexibility index (Phi) is 5.32. The average Bonchev–Trinajstić information content (AvgIpc) is 2.28. The minimum absolute atomic E-state index is 0.00249. The zero-order chi connectivity index (χ0) is 13.8. The van der Waals surface area contributed by atoms with Gasteiger partial charge in [0.2, 0.25) is 0 Å². The standard InChI is InChI=1S/C15H26N2O/c1-12-7-6-8-13(9-12)10-17(4)11-14(16)15(2,3)18-5/h6-9,14H,10-11,16H2,1-5H3. The van der Waals surface area contributed by atoms with Crippen LogP contribution in [-0.4, -0.2) is 37.2 Å². The van der Waals surface area contributed by atoms with E-state index in [1.165, 1.54) is 11.1 Å². The van der Waals surface area contributed by atoms with E-state index in [2.05, 4.69) is 43.1 Å². The van der Waals surface area contributed by atoms with Gasteiger partial charge in [0.25, 0.3) is 0 Å². The van der Waals surface area contributed by atoms with Crippen LogP contribution >= 0.6 is 0 Å². The summed E-state index contributed by atoms with van der Waals surface area (Å²) in [6.07, 6.45) is 0. The molecule has 0 aromatic heterocycles. The Labute approximate surface area is 111 Å². The van der Waals surface area contributed by atoms with E-state index in [1.54, 1.807) is 7.11 Å². The molecule has 1 aromatic carbocycles. The molecule has 3 heteroatoms. The molecule has 0 spiro atoms. The van der Waals surface area contributed by atoms with Gasteiger partial charge in [-0.25, -0.2) is 0 Å². The maximum absolute atomic E-state index is 6.18. The van der Waals surface area contributed by atoms with Gasteiger partial charge in [-0.2, -0.15) is 0 Å². The Morgan fingerprint density at radius 2 is 2.06 bits per heavy atom. The highest BCUT2D eigenvalue weighted by atomic mass is 16.5. The first-order valence-corrected chi connectivity index (χ1v) is 6.40. The van der Waals surface area contributed by atoms with Crippen molar-refractivity contribution < 1.29 is 4.74 Å². The van der Waals surface area contributed by atoms with Crippen molar-refractivity contribution in [2.75, 3.05) is 20.7 Å². The molecule has 3 nitrogen and oxygen atoms in total. The van der Waals surface area contributed by atoms with E-state index in [-0.39, 0.29) is 11.6 Å². The molecule has 0 aliphatic rings. The maximum Gasteiger partial charge on any atom is 0.0785 e. The Balaban J connectivity index is 2.54. The number of aryl methyl sites for hydroxylation is 1. The van der Waals surface area contributed by atoms with Gasteiger partial charge in [-0.3, -0.25) is 0 Å². The van der Waals surface area contributed by atoms with Gasteiger partial charge < -0.3 is 15.4 Å². The molecule has 0 radical (unpaired) electrons. The molecule has 1 unspecified atom stereocenters. The van der Waals surface area contributed by atoms with Crippen molar-refractivity contribution in [3.05, 3.63) is 35.4 Å². The fraction of sp³-hybridized carbons (Fsp3) is 0.600. The quantitative estimate of drug-likeness (QED) is 0.841. The van der Waals surface area contributed by atoms with Gasteiger partial charge in [0, 0.05) is 26.2 Å². The maximum atomic E-state index is 6.18. The van der Waals surface area contributed by atoms with Crippen LogP contribution in [0, 0.1) is 6.92 Å². The molecule has 18 heavy (non-hydrogen) atoms. The van der Waals surface area contributed by atoms with Crippen LogP contribution in [0.25, 0.3) is 0 Å². The van der Waals surface area contributed by atoms with Crippen molar-refractivity contribution in [1.29, 1.82) is 0 Å². The number of benzene rings is 1. The molecule has 1 rings (SSSR count). The second-order valence-electron chi connectivity index (χ2n) is 5.60. The first-order valence-electron chi connectivity index (χ1n) is 6.40. The molecule has 0 heterocycles. The van der Waals surface area contributed by atoms with Gasteiger partial charge in [0.15, 0.2) is 0 Å². The molecule has 0 saturated carbocycles. The summed E-state index contributed by atoms with van der Waals surface area (Å²) in [5, 5.41) is 0. The zero-order valence-corrected chi connectivity index (χ0v) is 12.2. The van der Waals surface area contributed by atoms with Gasteiger partial charge in [-0.15, -0.1) is 0 Å². The van der Waals surface area contributed by atoms with Crippen LogP contribution in [0.5, 0.6) is 0 Å². The summed E-state index contributed by atoms with van der Waals surface area (Å²) in [6.45, 7) is 7.89. The Hall–Kier alpha value is -0.900. The van der Waals surface area contributed by atoms with Crippen molar-refractivity contribution >= 4 is 0 Å². The highest BCUT2D eigenvalue weighted by Gasteiger charge is 2.26. The smallest absolute Gasteiger partial charge is 0.0785 e. The highest BCUT2D eigenvalue weighted by Crippen LogP contribution is 2.14. The molecule has 0 aliphatic carbocycles. The van der Waals surface area contributed by atoms with Gasteiger partial charge in [-0.1, -0.05) is 29.8 Å². The molecule has 0 aliphatic heterocycles. The van der Waals surface area contributed by atoms with E-state index in [0.29, 0.717) is 0 Å². The lowest BCUT2D eigenvalue weighted by Gasteiger charge is -2.33. The Bertz CT molecular complexity index is 377.